The van der Waals surface area contributed by atoms with Crippen molar-refractivity contribution in [2.24, 2.45) is 5.92 Å². The van der Waals surface area contributed by atoms with Gasteiger partial charge in [0.05, 0.1) is 12.1 Å². The van der Waals surface area contributed by atoms with Gasteiger partial charge in [0.15, 0.2) is 0 Å². The number of hydrogen-bond donors (Lipinski definition) is 1. The fraction of sp³-hybridized carbons (Fsp3) is 0.526. The zero-order valence-electron chi connectivity index (χ0n) is 14.1. The van der Waals surface area contributed by atoms with E-state index in [0.29, 0.717) is 5.92 Å². The molecule has 0 bridgehead atoms. The lowest BCUT2D eigenvalue weighted by atomic mass is 9.94. The summed E-state index contributed by atoms with van der Waals surface area (Å²) in [6.07, 6.45) is 5.30. The van der Waals surface area contributed by atoms with Crippen molar-refractivity contribution in [3.8, 4) is 0 Å². The Morgan fingerprint density at radius 3 is 2.83 bits per heavy atom. The molecule has 0 radical (unpaired) electrons. The molecule has 23 heavy (non-hydrogen) atoms. The van der Waals surface area contributed by atoms with Crippen molar-refractivity contribution in [2.45, 2.75) is 33.1 Å². The van der Waals surface area contributed by atoms with E-state index in [9.17, 15) is 0 Å². The number of halogens is 1. The van der Waals surface area contributed by atoms with Crippen LogP contribution in [0.5, 0.6) is 0 Å². The van der Waals surface area contributed by atoms with E-state index in [-0.39, 0.29) is 6.61 Å². The molecular formula is C19H27ClN2O. The number of aliphatic hydroxyl groups is 1. The summed E-state index contributed by atoms with van der Waals surface area (Å²) < 4.78 is 0. The molecule has 1 heterocycles. The normalized spacial score (nSPS) is 12.9. The van der Waals surface area contributed by atoms with Crippen molar-refractivity contribution >= 4 is 22.5 Å². The first kappa shape index (κ1) is 18.2. The highest BCUT2D eigenvalue weighted by Crippen LogP contribution is 2.24. The lowest BCUT2D eigenvalue weighted by Gasteiger charge is -2.20. The Bertz CT molecular complexity index is 617. The topological polar surface area (TPSA) is 36.4 Å². The maximum atomic E-state index is 9.03. The van der Waals surface area contributed by atoms with Gasteiger partial charge in [0, 0.05) is 23.2 Å². The maximum Gasteiger partial charge on any atom is 0.0719 e. The van der Waals surface area contributed by atoms with Crippen LogP contribution in [0.25, 0.3) is 10.9 Å². The molecule has 0 aliphatic carbocycles. The van der Waals surface area contributed by atoms with Crippen molar-refractivity contribution in [3.63, 3.8) is 0 Å². The zero-order chi connectivity index (χ0) is 16.7. The number of hydrogen-bond acceptors (Lipinski definition) is 3. The standard InChI is InChI=1S/C19H27ClN2O/c1-3-22(11-12-23)10-4-5-15(2)13-16-8-9-21-19-14-17(20)6-7-18(16)19/h6-9,14-15,23H,3-5,10-13H2,1-2H3. The Morgan fingerprint density at radius 2 is 2.09 bits per heavy atom. The number of aliphatic hydroxyl groups excluding tert-OH is 1. The Kier molecular flexibility index (Phi) is 7.28. The number of likely N-dealkylation sites (N-methyl/N-ethyl adjacent to an activating group) is 1. The summed E-state index contributed by atoms with van der Waals surface area (Å²) in [7, 11) is 0. The molecule has 0 fully saturated rings. The number of fused-ring (bicyclic) bond motifs is 1. The van der Waals surface area contributed by atoms with Gasteiger partial charge in [-0.3, -0.25) is 4.98 Å². The molecule has 1 aromatic carbocycles. The van der Waals surface area contributed by atoms with Gasteiger partial charge in [-0.05, 0) is 62.0 Å². The zero-order valence-corrected chi connectivity index (χ0v) is 14.9. The van der Waals surface area contributed by atoms with Crippen LogP contribution in [-0.2, 0) is 6.42 Å². The lowest BCUT2D eigenvalue weighted by molar-refractivity contribution is 0.197. The number of benzene rings is 1. The van der Waals surface area contributed by atoms with E-state index < -0.39 is 0 Å². The van der Waals surface area contributed by atoms with Crippen LogP contribution in [0.2, 0.25) is 5.02 Å². The van der Waals surface area contributed by atoms with Crippen LogP contribution in [-0.4, -0.2) is 41.2 Å². The largest absolute Gasteiger partial charge is 0.395 e. The second-order valence-corrected chi connectivity index (χ2v) is 6.68. The third-order valence-corrected chi connectivity index (χ3v) is 4.63. The molecule has 1 aromatic heterocycles. The van der Waals surface area contributed by atoms with Crippen molar-refractivity contribution in [1.82, 2.24) is 9.88 Å². The van der Waals surface area contributed by atoms with E-state index >= 15 is 0 Å². The van der Waals surface area contributed by atoms with Crippen LogP contribution in [0.3, 0.4) is 0 Å². The summed E-state index contributed by atoms with van der Waals surface area (Å²) in [5.41, 5.74) is 2.32. The average molecular weight is 335 g/mol. The number of nitrogens with zero attached hydrogens (tertiary/aromatic N) is 2. The van der Waals surface area contributed by atoms with Gasteiger partial charge < -0.3 is 10.0 Å². The molecule has 4 heteroatoms. The van der Waals surface area contributed by atoms with Crippen molar-refractivity contribution < 1.29 is 5.11 Å². The van der Waals surface area contributed by atoms with Crippen molar-refractivity contribution in [3.05, 3.63) is 41.0 Å². The summed E-state index contributed by atoms with van der Waals surface area (Å²) >= 11 is 6.05. The highest BCUT2D eigenvalue weighted by Gasteiger charge is 2.09. The average Bonchev–Trinajstić information content (AvgIpc) is 2.54. The van der Waals surface area contributed by atoms with Gasteiger partial charge in [0.1, 0.15) is 0 Å². The highest BCUT2D eigenvalue weighted by molar-refractivity contribution is 6.31. The number of pyridine rings is 1. The molecule has 0 amide bonds. The second kappa shape index (κ2) is 9.21. The third kappa shape index (κ3) is 5.45. The molecule has 0 aliphatic rings. The predicted molar refractivity (Wildman–Crippen MR) is 98.1 cm³/mol. The summed E-state index contributed by atoms with van der Waals surface area (Å²) in [5.74, 6) is 0.629. The predicted octanol–water partition coefficient (Wildman–Crippen LogP) is 4.16. The summed E-state index contributed by atoms with van der Waals surface area (Å²) in [5, 5.41) is 11.0. The molecule has 3 nitrogen and oxygen atoms in total. The fourth-order valence-electron chi connectivity index (χ4n) is 3.07. The number of rotatable bonds is 9. The van der Waals surface area contributed by atoms with Gasteiger partial charge in [-0.15, -0.1) is 0 Å². The molecule has 0 saturated heterocycles. The monoisotopic (exact) mass is 334 g/mol. The molecular weight excluding hydrogens is 308 g/mol. The van der Waals surface area contributed by atoms with E-state index in [1.807, 2.05) is 18.3 Å². The Hall–Kier alpha value is -1.16. The van der Waals surface area contributed by atoms with E-state index in [4.69, 9.17) is 16.7 Å². The minimum atomic E-state index is 0.245. The van der Waals surface area contributed by atoms with Gasteiger partial charge in [-0.1, -0.05) is 31.5 Å². The molecule has 1 unspecified atom stereocenters. The van der Waals surface area contributed by atoms with Crippen molar-refractivity contribution in [2.75, 3.05) is 26.2 Å². The van der Waals surface area contributed by atoms with Gasteiger partial charge in [0.2, 0.25) is 0 Å². The first-order valence-electron chi connectivity index (χ1n) is 8.50. The van der Waals surface area contributed by atoms with Crippen LogP contribution in [0.4, 0.5) is 0 Å². The minimum absolute atomic E-state index is 0.245. The smallest absolute Gasteiger partial charge is 0.0719 e. The fourth-order valence-corrected chi connectivity index (χ4v) is 3.24. The highest BCUT2D eigenvalue weighted by atomic mass is 35.5. The first-order valence-corrected chi connectivity index (χ1v) is 8.88. The summed E-state index contributed by atoms with van der Waals surface area (Å²) in [6, 6.07) is 8.07. The molecule has 1 atom stereocenters. The van der Waals surface area contributed by atoms with Gasteiger partial charge in [0.25, 0.3) is 0 Å². The van der Waals surface area contributed by atoms with E-state index in [2.05, 4.69) is 35.9 Å². The molecule has 126 valence electrons. The molecule has 2 aromatic rings. The Morgan fingerprint density at radius 1 is 1.26 bits per heavy atom. The first-order chi connectivity index (χ1) is 11.1. The molecule has 0 spiro atoms. The lowest BCUT2D eigenvalue weighted by Crippen LogP contribution is -2.28. The molecule has 2 rings (SSSR count). The van der Waals surface area contributed by atoms with Gasteiger partial charge in [-0.2, -0.15) is 0 Å². The van der Waals surface area contributed by atoms with Crippen LogP contribution < -0.4 is 0 Å². The van der Waals surface area contributed by atoms with Crippen LogP contribution in [0, 0.1) is 5.92 Å². The maximum absolute atomic E-state index is 9.03. The SMILES string of the molecule is CCN(CCO)CCCC(C)Cc1ccnc2cc(Cl)ccc12. The van der Waals surface area contributed by atoms with E-state index in [1.165, 1.54) is 23.8 Å². The Labute approximate surface area is 144 Å². The van der Waals surface area contributed by atoms with Crippen LogP contribution in [0.15, 0.2) is 30.5 Å². The number of aromatic nitrogens is 1. The molecule has 0 saturated carbocycles. The second-order valence-electron chi connectivity index (χ2n) is 6.24. The molecule has 0 aliphatic heterocycles. The van der Waals surface area contributed by atoms with Crippen LogP contribution in [0.1, 0.15) is 32.3 Å². The van der Waals surface area contributed by atoms with E-state index in [0.717, 1.165) is 36.6 Å². The summed E-state index contributed by atoms with van der Waals surface area (Å²) in [6.45, 7) is 7.55. The van der Waals surface area contributed by atoms with E-state index in [1.54, 1.807) is 0 Å². The quantitative estimate of drug-likeness (QED) is 0.748. The van der Waals surface area contributed by atoms with Crippen molar-refractivity contribution in [1.29, 1.82) is 0 Å². The van der Waals surface area contributed by atoms with Gasteiger partial charge >= 0.3 is 0 Å². The molecule has 1 N–H and O–H groups in total. The minimum Gasteiger partial charge on any atom is -0.395 e. The van der Waals surface area contributed by atoms with Gasteiger partial charge in [-0.25, -0.2) is 0 Å². The van der Waals surface area contributed by atoms with Crippen LogP contribution >= 0.6 is 11.6 Å². The third-order valence-electron chi connectivity index (χ3n) is 4.40. The summed E-state index contributed by atoms with van der Waals surface area (Å²) in [4.78, 5) is 6.71. The Balaban J connectivity index is 1.91.